The summed E-state index contributed by atoms with van der Waals surface area (Å²) in [4.78, 5) is 15.2. The molecular formula is C24H33N3O3S. The van der Waals surface area contributed by atoms with Crippen LogP contribution in [0.4, 0.5) is 11.4 Å². The van der Waals surface area contributed by atoms with Gasteiger partial charge in [-0.05, 0) is 68.0 Å². The van der Waals surface area contributed by atoms with Crippen LogP contribution in [0.5, 0.6) is 0 Å². The van der Waals surface area contributed by atoms with Crippen LogP contribution in [0.2, 0.25) is 0 Å². The van der Waals surface area contributed by atoms with Crippen LogP contribution in [-0.4, -0.2) is 33.5 Å². The van der Waals surface area contributed by atoms with Gasteiger partial charge in [0.15, 0.2) is 0 Å². The summed E-state index contributed by atoms with van der Waals surface area (Å²) in [6.45, 7) is 11.9. The van der Waals surface area contributed by atoms with Gasteiger partial charge in [-0.1, -0.05) is 32.9 Å². The van der Waals surface area contributed by atoms with Crippen molar-refractivity contribution in [1.82, 2.24) is 5.32 Å². The first-order valence-corrected chi connectivity index (χ1v) is 12.3. The smallest absolute Gasteiger partial charge is 0.261 e. The molecule has 2 N–H and O–H groups in total. The molecule has 168 valence electrons. The van der Waals surface area contributed by atoms with Crippen molar-refractivity contribution in [2.24, 2.45) is 0 Å². The van der Waals surface area contributed by atoms with Gasteiger partial charge in [0.25, 0.3) is 15.9 Å². The maximum absolute atomic E-state index is 12.9. The van der Waals surface area contributed by atoms with Crippen molar-refractivity contribution < 1.29 is 13.2 Å². The highest BCUT2D eigenvalue weighted by atomic mass is 32.2. The van der Waals surface area contributed by atoms with Gasteiger partial charge in [0, 0.05) is 30.5 Å². The Kier molecular flexibility index (Phi) is 6.65. The van der Waals surface area contributed by atoms with E-state index in [1.807, 2.05) is 32.0 Å². The first kappa shape index (κ1) is 23.1. The van der Waals surface area contributed by atoms with E-state index in [0.29, 0.717) is 11.3 Å². The number of anilines is 2. The Bertz CT molecular complexity index is 1030. The Morgan fingerprint density at radius 3 is 2.16 bits per heavy atom. The van der Waals surface area contributed by atoms with Crippen molar-refractivity contribution in [2.45, 2.75) is 63.8 Å². The highest BCUT2D eigenvalue weighted by Crippen LogP contribution is 2.29. The van der Waals surface area contributed by atoms with Crippen molar-refractivity contribution in [2.75, 3.05) is 22.7 Å². The minimum absolute atomic E-state index is 0.0133. The largest absolute Gasteiger partial charge is 0.371 e. The third-order valence-corrected chi connectivity index (χ3v) is 6.79. The van der Waals surface area contributed by atoms with Crippen molar-refractivity contribution in [3.8, 4) is 0 Å². The number of carbonyl (C=O) groups is 1. The second-order valence-corrected chi connectivity index (χ2v) is 11.1. The molecule has 2 aromatic carbocycles. The maximum atomic E-state index is 12.9. The van der Waals surface area contributed by atoms with Crippen molar-refractivity contribution in [3.63, 3.8) is 0 Å². The monoisotopic (exact) mass is 443 g/mol. The van der Waals surface area contributed by atoms with Gasteiger partial charge in [0.05, 0.1) is 10.5 Å². The molecule has 0 atom stereocenters. The van der Waals surface area contributed by atoms with Gasteiger partial charge in [-0.3, -0.25) is 9.52 Å². The number of amides is 1. The number of carbonyl (C=O) groups excluding carboxylic acids is 1. The predicted octanol–water partition coefficient (Wildman–Crippen LogP) is 4.52. The molecular weight excluding hydrogens is 410 g/mol. The molecule has 0 spiro atoms. The van der Waals surface area contributed by atoms with Crippen LogP contribution in [0, 0.1) is 0 Å². The molecule has 2 aromatic rings. The second-order valence-electron chi connectivity index (χ2n) is 9.43. The number of nitrogens with one attached hydrogen (secondary N) is 2. The molecule has 1 amide bonds. The first-order chi connectivity index (χ1) is 14.5. The lowest BCUT2D eigenvalue weighted by molar-refractivity contribution is 0.0943. The Labute approximate surface area is 186 Å². The topological polar surface area (TPSA) is 78.5 Å². The van der Waals surface area contributed by atoms with E-state index >= 15 is 0 Å². The Morgan fingerprint density at radius 2 is 1.61 bits per heavy atom. The number of nitrogens with zero attached hydrogens (tertiary/aromatic N) is 1. The summed E-state index contributed by atoms with van der Waals surface area (Å²) in [5.41, 5.74) is 2.71. The normalized spacial score (nSPS) is 14.7. The molecule has 0 radical (unpaired) electrons. The van der Waals surface area contributed by atoms with Crippen LogP contribution in [-0.2, 0) is 15.4 Å². The molecule has 6 nitrogen and oxygen atoms in total. The van der Waals surface area contributed by atoms with E-state index in [0.717, 1.165) is 37.2 Å². The quantitative estimate of drug-likeness (QED) is 0.688. The lowest BCUT2D eigenvalue weighted by Crippen LogP contribution is -2.32. The van der Waals surface area contributed by atoms with E-state index in [2.05, 4.69) is 35.7 Å². The number of sulfonamides is 1. The Balaban J connectivity index is 1.90. The van der Waals surface area contributed by atoms with Crippen LogP contribution in [0.25, 0.3) is 0 Å². The molecule has 31 heavy (non-hydrogen) atoms. The fourth-order valence-corrected chi connectivity index (χ4v) is 4.75. The second kappa shape index (κ2) is 8.91. The fourth-order valence-electron chi connectivity index (χ4n) is 3.70. The zero-order valence-corrected chi connectivity index (χ0v) is 19.8. The number of benzene rings is 2. The summed E-state index contributed by atoms with van der Waals surface area (Å²) in [7, 11) is -3.77. The molecule has 0 saturated carbocycles. The van der Waals surface area contributed by atoms with Gasteiger partial charge in [-0.15, -0.1) is 0 Å². The first-order valence-electron chi connectivity index (χ1n) is 10.8. The summed E-state index contributed by atoms with van der Waals surface area (Å²) >= 11 is 0. The van der Waals surface area contributed by atoms with Gasteiger partial charge in [-0.2, -0.15) is 0 Å². The molecule has 1 fully saturated rings. The zero-order valence-electron chi connectivity index (χ0n) is 19.0. The van der Waals surface area contributed by atoms with Crippen LogP contribution in [0.1, 0.15) is 63.4 Å². The van der Waals surface area contributed by atoms with Gasteiger partial charge < -0.3 is 10.2 Å². The van der Waals surface area contributed by atoms with E-state index in [1.165, 1.54) is 0 Å². The van der Waals surface area contributed by atoms with Crippen molar-refractivity contribution in [3.05, 3.63) is 53.6 Å². The van der Waals surface area contributed by atoms with E-state index < -0.39 is 10.0 Å². The van der Waals surface area contributed by atoms with Crippen LogP contribution < -0.4 is 14.9 Å². The standard InChI is InChI=1S/C24H33N3O3S/c1-17(2)25-23(28)21-16-19(10-13-22(21)27-14-6-7-15-27)26-31(29,30)20-11-8-18(9-12-20)24(3,4)5/h8-13,16-17,26H,6-7,14-15H2,1-5H3,(H,25,28). The number of hydrogen-bond donors (Lipinski definition) is 2. The third-order valence-electron chi connectivity index (χ3n) is 5.39. The van der Waals surface area contributed by atoms with Crippen LogP contribution in [0.3, 0.4) is 0 Å². The summed E-state index contributed by atoms with van der Waals surface area (Å²) in [6.07, 6.45) is 2.17. The highest BCUT2D eigenvalue weighted by molar-refractivity contribution is 7.92. The van der Waals surface area contributed by atoms with Gasteiger partial charge in [0.2, 0.25) is 0 Å². The lowest BCUT2D eigenvalue weighted by Gasteiger charge is -2.22. The Hall–Kier alpha value is -2.54. The SMILES string of the molecule is CC(C)NC(=O)c1cc(NS(=O)(=O)c2ccc(C(C)(C)C)cc2)ccc1N1CCCC1. The van der Waals surface area contributed by atoms with E-state index in [1.54, 1.807) is 24.3 Å². The average molecular weight is 444 g/mol. The average Bonchev–Trinajstić information content (AvgIpc) is 3.21. The highest BCUT2D eigenvalue weighted by Gasteiger charge is 2.22. The number of rotatable bonds is 6. The van der Waals surface area contributed by atoms with Crippen molar-refractivity contribution >= 4 is 27.3 Å². The molecule has 0 bridgehead atoms. The summed E-state index contributed by atoms with van der Waals surface area (Å²) in [5.74, 6) is -0.201. The van der Waals surface area contributed by atoms with E-state index in [-0.39, 0.29) is 22.3 Å². The van der Waals surface area contributed by atoms with E-state index in [9.17, 15) is 13.2 Å². The molecule has 1 aliphatic heterocycles. The molecule has 0 aliphatic carbocycles. The van der Waals surface area contributed by atoms with Crippen molar-refractivity contribution in [1.29, 1.82) is 0 Å². The molecule has 1 heterocycles. The number of hydrogen-bond acceptors (Lipinski definition) is 4. The predicted molar refractivity (Wildman–Crippen MR) is 126 cm³/mol. The molecule has 0 unspecified atom stereocenters. The maximum Gasteiger partial charge on any atom is 0.261 e. The Morgan fingerprint density at radius 1 is 1.00 bits per heavy atom. The summed E-state index contributed by atoms with van der Waals surface area (Å²) in [6, 6.07) is 12.1. The minimum atomic E-state index is -3.77. The third kappa shape index (κ3) is 5.58. The molecule has 1 aliphatic rings. The molecule has 3 rings (SSSR count). The molecule has 1 saturated heterocycles. The fraction of sp³-hybridized carbons (Fsp3) is 0.458. The van der Waals surface area contributed by atoms with Gasteiger partial charge >= 0.3 is 0 Å². The summed E-state index contributed by atoms with van der Waals surface area (Å²) in [5, 5.41) is 2.92. The summed E-state index contributed by atoms with van der Waals surface area (Å²) < 4.78 is 28.5. The van der Waals surface area contributed by atoms with Gasteiger partial charge in [0.1, 0.15) is 0 Å². The molecule has 7 heteroatoms. The van der Waals surface area contributed by atoms with Crippen LogP contribution in [0.15, 0.2) is 47.4 Å². The zero-order chi connectivity index (χ0) is 22.8. The van der Waals surface area contributed by atoms with Crippen LogP contribution >= 0.6 is 0 Å². The lowest BCUT2D eigenvalue weighted by atomic mass is 9.87. The van der Waals surface area contributed by atoms with Gasteiger partial charge in [-0.25, -0.2) is 8.42 Å². The minimum Gasteiger partial charge on any atom is -0.371 e. The van der Waals surface area contributed by atoms with E-state index in [4.69, 9.17) is 0 Å². The molecule has 0 aromatic heterocycles.